The van der Waals surface area contributed by atoms with Crippen LogP contribution < -0.4 is 31.4 Å². The van der Waals surface area contributed by atoms with Crippen LogP contribution in [0.1, 0.15) is 256 Å². The minimum Gasteiger partial charge on any atom is -0.474 e. The predicted molar refractivity (Wildman–Crippen MR) is 416 cm³/mol. The summed E-state index contributed by atoms with van der Waals surface area (Å²) in [6, 6.07) is 17.3. The van der Waals surface area contributed by atoms with Crippen molar-refractivity contribution in [2.45, 2.75) is 248 Å². The molecule has 0 saturated heterocycles. The fraction of sp³-hybridized carbons (Fsp3) is 0.506. The maximum atomic E-state index is 12.3. The molecule has 9 atom stereocenters. The van der Waals surface area contributed by atoms with Crippen LogP contribution in [0.3, 0.4) is 0 Å². The monoisotopic (exact) mass is 1530 g/mol. The minimum absolute atomic E-state index is 0.0288. The van der Waals surface area contributed by atoms with Gasteiger partial charge in [0.05, 0.1) is 68.2 Å². The molecular weight excluding hydrogens is 1430 g/mol. The number of ether oxygens (including phenoxy) is 6. The highest BCUT2D eigenvalue weighted by molar-refractivity contribution is 7.93. The van der Waals surface area contributed by atoms with Gasteiger partial charge in [0, 0.05) is 182 Å². The lowest BCUT2D eigenvalue weighted by atomic mass is 9.86. The number of hydrogen-bond acceptors (Lipinski definition) is 25. The van der Waals surface area contributed by atoms with E-state index in [4.69, 9.17) is 75.5 Å². The lowest BCUT2D eigenvalue weighted by Crippen LogP contribution is -2.38. The number of nitrogens with two attached hydrogens (primary N) is 3. The van der Waals surface area contributed by atoms with Crippen LogP contribution in [0.2, 0.25) is 0 Å². The first-order chi connectivity index (χ1) is 53.0. The predicted octanol–water partition coefficient (Wildman–Crippen LogP) is 12.5. The van der Waals surface area contributed by atoms with E-state index in [1.54, 1.807) is 0 Å². The second kappa shape index (κ2) is 30.8. The van der Waals surface area contributed by atoms with Gasteiger partial charge in [-0.3, -0.25) is 29.9 Å². The summed E-state index contributed by atoms with van der Waals surface area (Å²) in [6.07, 6.45) is 22.7. The number of carbonyl (C=O) groups excluding carboxylic acids is 3. The zero-order chi connectivity index (χ0) is 78.3. The molecular formula is C85H99FN12O12S. The molecule has 0 spiro atoms. The summed E-state index contributed by atoms with van der Waals surface area (Å²) in [5.74, 6) is 2.02. The van der Waals surface area contributed by atoms with E-state index in [9.17, 15) is 33.6 Å². The summed E-state index contributed by atoms with van der Waals surface area (Å²) in [6.45, 7) is 18.0. The second-order valence-corrected chi connectivity index (χ2v) is 33.3. The smallest absolute Gasteiger partial charge is 0.340 e. The van der Waals surface area contributed by atoms with Crippen LogP contribution in [-0.4, -0.2) is 139 Å². The van der Waals surface area contributed by atoms with Gasteiger partial charge in [-0.15, -0.1) is 0 Å². The first-order valence-corrected chi connectivity index (χ1v) is 40.2. The van der Waals surface area contributed by atoms with Crippen LogP contribution in [0.25, 0.3) is 32.3 Å². The van der Waals surface area contributed by atoms with Gasteiger partial charge >= 0.3 is 17.9 Å². The Bertz CT molecular complexity index is 4570. The Kier molecular flexibility index (Phi) is 21.5. The molecule has 0 aromatic carbocycles. The molecule has 3 aliphatic heterocycles. The van der Waals surface area contributed by atoms with Gasteiger partial charge in [0.25, 0.3) is 0 Å². The van der Waals surface area contributed by atoms with E-state index in [1.165, 1.54) is 6.26 Å². The molecule has 9 N–H and O–H groups in total. The third-order valence-electron chi connectivity index (χ3n) is 24.4. The molecule has 9 aromatic heterocycles. The van der Waals surface area contributed by atoms with Crippen LogP contribution >= 0.6 is 12.1 Å². The minimum atomic E-state index is -0.495. The summed E-state index contributed by atoms with van der Waals surface area (Å²) in [4.78, 5) is 79.5. The Labute approximate surface area is 649 Å². The van der Waals surface area contributed by atoms with Crippen molar-refractivity contribution in [1.82, 2.24) is 44.9 Å². The molecule has 1 unspecified atom stereocenters. The van der Waals surface area contributed by atoms with Crippen LogP contribution in [0.15, 0.2) is 91.8 Å². The van der Waals surface area contributed by atoms with Crippen molar-refractivity contribution in [3.63, 3.8) is 0 Å². The number of aliphatic hydroxyl groups excluding tert-OH is 3. The van der Waals surface area contributed by atoms with E-state index in [0.29, 0.717) is 110 Å². The summed E-state index contributed by atoms with van der Waals surface area (Å²) in [5, 5.41) is 34.5. The van der Waals surface area contributed by atoms with Crippen LogP contribution in [0, 0.1) is 17.8 Å². The van der Waals surface area contributed by atoms with Crippen molar-refractivity contribution in [2.75, 3.05) is 6.26 Å². The lowest BCUT2D eigenvalue weighted by molar-refractivity contribution is -0.0125. The number of pyridine rings is 9. The molecule has 9 aliphatic rings. The fourth-order valence-corrected chi connectivity index (χ4v) is 16.0. The van der Waals surface area contributed by atoms with E-state index < -0.39 is 16.6 Å². The number of aromatic nitrogens is 9. The van der Waals surface area contributed by atoms with Crippen molar-refractivity contribution in [1.29, 1.82) is 0 Å². The zero-order valence-electron chi connectivity index (χ0n) is 64.5. The highest BCUT2D eigenvalue weighted by atomic mass is 32.2. The molecule has 6 saturated carbocycles. The first kappa shape index (κ1) is 77.3. The number of halogens is 1. The maximum absolute atomic E-state index is 12.3. The van der Waals surface area contributed by atoms with Crippen LogP contribution in [-0.2, 0) is 50.1 Å². The average Bonchev–Trinajstić information content (AvgIpc) is 1.75. The zero-order valence-corrected chi connectivity index (χ0v) is 65.3. The number of hydrogen-bond donors (Lipinski definition) is 6. The molecule has 111 heavy (non-hydrogen) atoms. The van der Waals surface area contributed by atoms with Crippen molar-refractivity contribution in [3.05, 3.63) is 176 Å². The largest absolute Gasteiger partial charge is 0.474 e. The number of esters is 3. The van der Waals surface area contributed by atoms with Crippen LogP contribution in [0.4, 0.5) is 3.89 Å². The van der Waals surface area contributed by atoms with Gasteiger partial charge in [-0.05, 0) is 185 Å². The van der Waals surface area contributed by atoms with Gasteiger partial charge in [-0.2, -0.15) is 3.89 Å². The van der Waals surface area contributed by atoms with Gasteiger partial charge in [0.2, 0.25) is 17.6 Å². The van der Waals surface area contributed by atoms with Gasteiger partial charge in [-0.25, -0.2) is 29.3 Å². The molecule has 0 radical (unpaired) electrons. The number of fused-ring (bicyclic) bond motifs is 6. The number of carbonyl (C=O) groups is 3. The van der Waals surface area contributed by atoms with E-state index in [0.717, 1.165) is 139 Å². The van der Waals surface area contributed by atoms with E-state index >= 15 is 0 Å². The van der Waals surface area contributed by atoms with Gasteiger partial charge < -0.3 is 60.9 Å². The second-order valence-electron chi connectivity index (χ2n) is 32.9. The summed E-state index contributed by atoms with van der Waals surface area (Å²) < 4.78 is 44.8. The highest BCUT2D eigenvalue weighted by Gasteiger charge is 2.45. The number of cyclic esters (lactones) is 3. The van der Waals surface area contributed by atoms with Crippen molar-refractivity contribution < 1.29 is 62.0 Å². The van der Waals surface area contributed by atoms with Crippen molar-refractivity contribution >= 4 is 62.4 Å². The molecule has 18 rings (SSSR count). The topological polar surface area (TPSA) is 361 Å². The molecule has 9 aromatic rings. The Morgan fingerprint density at radius 3 is 0.901 bits per heavy atom. The number of nitrogens with zero attached hydrogens (tertiary/aromatic N) is 9. The van der Waals surface area contributed by atoms with Crippen molar-refractivity contribution in [3.8, 4) is 17.6 Å². The highest BCUT2D eigenvalue weighted by Crippen LogP contribution is 2.50. The summed E-state index contributed by atoms with van der Waals surface area (Å²) in [5.41, 5.74) is 31.1. The van der Waals surface area contributed by atoms with E-state index in [1.807, 2.05) is 115 Å². The Balaban J connectivity index is 0.000000130. The molecule has 24 nitrogen and oxygen atoms in total. The third-order valence-corrected chi connectivity index (χ3v) is 24.4. The molecule has 6 fully saturated rings. The van der Waals surface area contributed by atoms with E-state index in [2.05, 4.69) is 53.9 Å². The van der Waals surface area contributed by atoms with Gasteiger partial charge in [-0.1, -0.05) is 20.8 Å². The standard InChI is InChI=1S/3C28H32N4O4.CH3FS/c3*1-14-15(2)35-27(34)21-7-6-17(32-25(14)21)8-18-9-22-23(12-30-18)26(36-20-10-19(33)11-20)31-13-24(22)28(3,29)16-4-5-16;1-3-2/h3*6-7,9,12-16,19-20,33H,4-5,8,10-11,29H2,1-3H3;1H3/t14-,15-,19?,20?,28?;14-,15-,19?,20?,28+;14-,15-,19?,20?,28-;/m000./s1. The quantitative estimate of drug-likeness (QED) is 0.0343. The van der Waals surface area contributed by atoms with Gasteiger partial charge in [0.15, 0.2) is 0 Å². The number of aliphatic hydroxyl groups is 3. The third kappa shape index (κ3) is 16.0. The van der Waals surface area contributed by atoms with E-state index in [-0.39, 0.29) is 103 Å². The molecule has 26 heteroatoms. The van der Waals surface area contributed by atoms with Gasteiger partial charge in [0.1, 0.15) is 36.6 Å². The molecule has 0 bridgehead atoms. The molecule has 0 amide bonds. The van der Waals surface area contributed by atoms with Crippen LogP contribution in [0.5, 0.6) is 17.6 Å². The molecule has 584 valence electrons. The summed E-state index contributed by atoms with van der Waals surface area (Å²) >= 11 is 0.250. The lowest BCUT2D eigenvalue weighted by Gasteiger charge is -2.32. The number of rotatable bonds is 18. The molecule has 12 heterocycles. The normalized spacial score (nSPS) is 26.5. The first-order valence-electron chi connectivity index (χ1n) is 39.0. The fourth-order valence-electron chi connectivity index (χ4n) is 16.0. The molecule has 6 aliphatic carbocycles. The Hall–Kier alpha value is -9.02. The Morgan fingerprint density at radius 2 is 0.667 bits per heavy atom. The average molecular weight is 1530 g/mol. The maximum Gasteiger partial charge on any atom is 0.340 e. The Morgan fingerprint density at radius 1 is 0.414 bits per heavy atom. The van der Waals surface area contributed by atoms with Crippen molar-refractivity contribution in [2.24, 2.45) is 35.0 Å². The SMILES string of the molecule is CSF.C[C@@H]1OC(=O)c2ccc(Cc3cc4c(C(C)(N)C5CC5)cnc(OC5CC(O)C5)c4cn3)nc2[C@H]1C.C[C@@H]1OC(=O)c2ccc(Cc3cc4c([C@@](C)(N)C5CC5)cnc(OC5CC(O)C5)c4cn3)nc2[C@H]1C.C[C@@H]1OC(=O)c2ccc(Cc3cc4c([C@](C)(N)C5CC5)cnc(OC5CC(O)C5)c4cn3)nc2[C@H]1C. The summed E-state index contributed by atoms with van der Waals surface area (Å²) in [7, 11) is 0.